The molecule has 12 heteroatoms. The van der Waals surface area contributed by atoms with Crippen molar-refractivity contribution in [3.05, 3.63) is 81.7 Å². The number of nitrogens with zero attached hydrogens (tertiary/aromatic N) is 1. The molecule has 1 fully saturated rings. The number of halogens is 4. The maximum Gasteiger partial charge on any atom is 0.266 e. The van der Waals surface area contributed by atoms with Gasteiger partial charge in [0.2, 0.25) is 0 Å². The molecule has 5 rings (SSSR count). The predicted molar refractivity (Wildman–Crippen MR) is 175 cm³/mol. The zero-order valence-corrected chi connectivity index (χ0v) is 27.7. The van der Waals surface area contributed by atoms with Crippen molar-refractivity contribution in [3.8, 4) is 16.9 Å². The highest BCUT2D eigenvalue weighted by Crippen LogP contribution is 2.40. The summed E-state index contributed by atoms with van der Waals surface area (Å²) in [7, 11) is 0.152. The van der Waals surface area contributed by atoms with Crippen LogP contribution in [0.25, 0.3) is 21.2 Å². The van der Waals surface area contributed by atoms with Gasteiger partial charge in [0.15, 0.2) is 9.84 Å². The minimum absolute atomic E-state index is 0. The number of thiophene rings is 1. The first-order valence-corrected chi connectivity index (χ1v) is 17.0. The first-order chi connectivity index (χ1) is 20.6. The van der Waals surface area contributed by atoms with Crippen molar-refractivity contribution < 1.29 is 26.7 Å². The van der Waals surface area contributed by atoms with Crippen molar-refractivity contribution in [2.75, 3.05) is 19.9 Å². The fourth-order valence-corrected chi connectivity index (χ4v) is 8.08. The lowest BCUT2D eigenvalue weighted by Gasteiger charge is -2.37. The summed E-state index contributed by atoms with van der Waals surface area (Å²) < 4.78 is 59.6. The van der Waals surface area contributed by atoms with Gasteiger partial charge in [0.1, 0.15) is 22.3 Å². The molecule has 4 aromatic rings. The van der Waals surface area contributed by atoms with Gasteiger partial charge in [0.25, 0.3) is 5.91 Å². The van der Waals surface area contributed by atoms with Gasteiger partial charge in [-0.15, -0.1) is 23.7 Å². The van der Waals surface area contributed by atoms with Crippen LogP contribution in [0.2, 0.25) is 5.02 Å². The molecular formula is C32H34Cl2F2N2O4S2. The number of nitrogens with one attached hydrogen (secondary N) is 1. The minimum Gasteiger partial charge on any atom is -0.496 e. The number of ether oxygens (including phenoxy) is 1. The molecule has 236 valence electrons. The molecule has 3 aromatic carbocycles. The van der Waals surface area contributed by atoms with E-state index in [0.29, 0.717) is 11.8 Å². The van der Waals surface area contributed by atoms with Crippen LogP contribution < -0.4 is 10.1 Å². The van der Waals surface area contributed by atoms with E-state index in [2.05, 4.69) is 5.32 Å². The third-order valence-electron chi connectivity index (χ3n) is 8.23. The Bertz CT molecular complexity index is 1760. The number of amides is 1. The number of sulfone groups is 1. The lowest BCUT2D eigenvalue weighted by Crippen LogP contribution is -2.44. The van der Waals surface area contributed by atoms with Crippen LogP contribution in [0.3, 0.4) is 0 Å². The number of fused-ring (bicyclic) bond motifs is 1. The average molecular weight is 684 g/mol. The molecule has 0 bridgehead atoms. The molecule has 0 aliphatic heterocycles. The molecule has 1 aromatic heterocycles. The Hall–Kier alpha value is -2.76. The van der Waals surface area contributed by atoms with Crippen molar-refractivity contribution in [2.24, 2.45) is 0 Å². The molecule has 1 aliphatic carbocycles. The Balaban J connectivity index is 0.00000442. The van der Waals surface area contributed by atoms with E-state index in [4.69, 9.17) is 16.3 Å². The number of rotatable bonds is 9. The summed E-state index contributed by atoms with van der Waals surface area (Å²) in [6.07, 6.45) is 3.24. The Labute approximate surface area is 271 Å². The Morgan fingerprint density at radius 1 is 1.02 bits per heavy atom. The molecule has 0 unspecified atom stereocenters. The number of benzene rings is 3. The summed E-state index contributed by atoms with van der Waals surface area (Å²) in [6, 6.07) is 14.6. The van der Waals surface area contributed by atoms with E-state index in [1.54, 1.807) is 43.2 Å². The number of hydrogen-bond donors (Lipinski definition) is 1. The van der Waals surface area contributed by atoms with Crippen LogP contribution in [-0.2, 0) is 16.4 Å². The first-order valence-electron chi connectivity index (χ1n) is 14.1. The van der Waals surface area contributed by atoms with Gasteiger partial charge in [-0.3, -0.25) is 4.79 Å². The lowest BCUT2D eigenvalue weighted by molar-refractivity contribution is 0.0604. The SMILES string of the molecule is CCS(=O)(=O)c1ccc(-c2ccc(OC)c(CN(C(=O)c3sc4c(F)ccc(F)c4c3Cl)C3CCC(NC)CC3)c2)cc1.Cl. The normalized spacial score (nSPS) is 16.9. The highest BCUT2D eigenvalue weighted by molar-refractivity contribution is 7.91. The largest absolute Gasteiger partial charge is 0.496 e. The summed E-state index contributed by atoms with van der Waals surface area (Å²) in [4.78, 5) is 16.3. The predicted octanol–water partition coefficient (Wildman–Crippen LogP) is 7.90. The van der Waals surface area contributed by atoms with Crippen molar-refractivity contribution in [1.29, 1.82) is 0 Å². The smallest absolute Gasteiger partial charge is 0.266 e. The maximum absolute atomic E-state index is 14.7. The van der Waals surface area contributed by atoms with Crippen LogP contribution in [0.15, 0.2) is 59.5 Å². The van der Waals surface area contributed by atoms with Crippen LogP contribution in [0.4, 0.5) is 8.78 Å². The van der Waals surface area contributed by atoms with Crippen molar-refractivity contribution in [1.82, 2.24) is 10.2 Å². The number of hydrogen-bond acceptors (Lipinski definition) is 6. The van der Waals surface area contributed by atoms with E-state index in [0.717, 1.165) is 65.8 Å². The molecule has 1 heterocycles. The zero-order chi connectivity index (χ0) is 30.9. The van der Waals surface area contributed by atoms with Crippen molar-refractivity contribution >= 4 is 61.2 Å². The third-order valence-corrected chi connectivity index (χ3v) is 11.7. The number of carbonyl (C=O) groups excluding carboxylic acids is 1. The van der Waals surface area contributed by atoms with E-state index < -0.39 is 21.5 Å². The number of carbonyl (C=O) groups is 1. The van der Waals surface area contributed by atoms with E-state index in [1.807, 2.05) is 25.2 Å². The molecule has 0 atom stereocenters. The highest BCUT2D eigenvalue weighted by atomic mass is 35.5. The highest BCUT2D eigenvalue weighted by Gasteiger charge is 2.33. The van der Waals surface area contributed by atoms with Gasteiger partial charge in [-0.1, -0.05) is 36.7 Å². The summed E-state index contributed by atoms with van der Waals surface area (Å²) in [5, 5.41) is 3.14. The molecule has 0 saturated heterocycles. The van der Waals surface area contributed by atoms with E-state index in [9.17, 15) is 22.0 Å². The van der Waals surface area contributed by atoms with Gasteiger partial charge in [-0.2, -0.15) is 0 Å². The van der Waals surface area contributed by atoms with Gasteiger partial charge in [0, 0.05) is 24.2 Å². The summed E-state index contributed by atoms with van der Waals surface area (Å²) in [5.74, 6) is -1.10. The molecule has 1 aliphatic rings. The monoisotopic (exact) mass is 682 g/mol. The van der Waals surface area contributed by atoms with Crippen molar-refractivity contribution in [3.63, 3.8) is 0 Å². The van der Waals surface area contributed by atoms with Crippen molar-refractivity contribution in [2.45, 2.75) is 56.1 Å². The topological polar surface area (TPSA) is 75.7 Å². The van der Waals surface area contributed by atoms with Gasteiger partial charge in [0.05, 0.1) is 32.9 Å². The standard InChI is InChI=1S/C32H33ClF2N2O4S2.ClH/c1-4-43(39,40)24-12-5-19(6-13-24)20-7-16-27(41-3)21(17-20)18-37(23-10-8-22(36-2)9-11-23)32(38)31-29(33)28-25(34)14-15-26(35)30(28)42-31;/h5-7,12-17,22-23,36H,4,8-11,18H2,1-3H3;1H. The average Bonchev–Trinajstić information content (AvgIpc) is 3.39. The van der Waals surface area contributed by atoms with E-state index >= 15 is 0 Å². The van der Waals surface area contributed by atoms with E-state index in [1.165, 1.54) is 0 Å². The fraction of sp³-hybridized carbons (Fsp3) is 0.344. The molecule has 1 N–H and O–H groups in total. The Morgan fingerprint density at radius 3 is 2.25 bits per heavy atom. The molecule has 6 nitrogen and oxygen atoms in total. The zero-order valence-electron chi connectivity index (χ0n) is 24.5. The Kier molecular flexibility index (Phi) is 11.0. The molecule has 0 spiro atoms. The molecule has 1 saturated carbocycles. The van der Waals surface area contributed by atoms with Crippen LogP contribution in [0.1, 0.15) is 47.8 Å². The first kappa shape index (κ1) is 34.1. The summed E-state index contributed by atoms with van der Waals surface area (Å²) in [6.45, 7) is 1.79. The fourth-order valence-electron chi connectivity index (χ4n) is 5.70. The number of methoxy groups -OCH3 is 1. The maximum atomic E-state index is 14.7. The Morgan fingerprint density at radius 2 is 1.66 bits per heavy atom. The molecule has 1 amide bonds. The van der Waals surface area contributed by atoms with Gasteiger partial charge in [-0.05, 0) is 80.3 Å². The van der Waals surface area contributed by atoms with Gasteiger partial charge >= 0.3 is 0 Å². The second-order valence-electron chi connectivity index (χ2n) is 10.7. The summed E-state index contributed by atoms with van der Waals surface area (Å²) >= 11 is 7.42. The molecular weight excluding hydrogens is 649 g/mol. The quantitative estimate of drug-likeness (QED) is 0.194. The summed E-state index contributed by atoms with van der Waals surface area (Å²) in [5.41, 5.74) is 2.38. The second kappa shape index (κ2) is 14.1. The van der Waals surface area contributed by atoms with Crippen LogP contribution in [-0.4, -0.2) is 51.2 Å². The molecule has 44 heavy (non-hydrogen) atoms. The lowest BCUT2D eigenvalue weighted by atomic mass is 9.89. The van der Waals surface area contributed by atoms with Gasteiger partial charge < -0.3 is 15.0 Å². The molecule has 0 radical (unpaired) electrons. The minimum atomic E-state index is -3.33. The van der Waals surface area contributed by atoms with Crippen LogP contribution >= 0.6 is 35.3 Å². The van der Waals surface area contributed by atoms with Crippen LogP contribution in [0, 0.1) is 11.6 Å². The van der Waals surface area contributed by atoms with Gasteiger partial charge in [-0.25, -0.2) is 17.2 Å². The third kappa shape index (κ3) is 6.74. The second-order valence-corrected chi connectivity index (χ2v) is 14.3. The van der Waals surface area contributed by atoms with E-state index in [-0.39, 0.29) is 61.5 Å². The van der Waals surface area contributed by atoms with Crippen LogP contribution in [0.5, 0.6) is 5.75 Å².